The van der Waals surface area contributed by atoms with Crippen molar-refractivity contribution in [3.63, 3.8) is 0 Å². The molecule has 0 radical (unpaired) electrons. The first kappa shape index (κ1) is 20.3. The lowest BCUT2D eigenvalue weighted by Crippen LogP contribution is -2.05. The van der Waals surface area contributed by atoms with Crippen molar-refractivity contribution in [2.45, 2.75) is 26.7 Å². The summed E-state index contributed by atoms with van der Waals surface area (Å²) in [7, 11) is 0. The molecule has 7 nitrogen and oxygen atoms in total. The molecular formula is C22H27N5O2. The van der Waals surface area contributed by atoms with E-state index in [9.17, 15) is 0 Å². The minimum atomic E-state index is 0.435. The van der Waals surface area contributed by atoms with Gasteiger partial charge in [0.1, 0.15) is 23.5 Å². The summed E-state index contributed by atoms with van der Waals surface area (Å²) in [6.45, 7) is 5.45. The van der Waals surface area contributed by atoms with Crippen molar-refractivity contribution in [2.75, 3.05) is 29.6 Å². The molecule has 0 aliphatic heterocycles. The highest BCUT2D eigenvalue weighted by Crippen LogP contribution is 2.29. The molecule has 3 aromatic rings. The summed E-state index contributed by atoms with van der Waals surface area (Å²) in [5.41, 5.74) is 8.43. The maximum absolute atomic E-state index is 6.27. The molecular weight excluding hydrogens is 366 g/mol. The van der Waals surface area contributed by atoms with Gasteiger partial charge in [-0.25, -0.2) is 9.97 Å². The van der Waals surface area contributed by atoms with Gasteiger partial charge in [-0.15, -0.1) is 0 Å². The van der Waals surface area contributed by atoms with E-state index in [1.165, 1.54) is 6.33 Å². The molecule has 0 aliphatic carbocycles. The van der Waals surface area contributed by atoms with Crippen LogP contribution in [-0.2, 0) is 0 Å². The van der Waals surface area contributed by atoms with Crippen LogP contribution in [0.1, 0.15) is 26.7 Å². The highest BCUT2D eigenvalue weighted by molar-refractivity contribution is 5.80. The van der Waals surface area contributed by atoms with Crippen LogP contribution in [0.4, 0.5) is 28.7 Å². The van der Waals surface area contributed by atoms with Crippen molar-refractivity contribution in [2.24, 2.45) is 0 Å². The quantitative estimate of drug-likeness (QED) is 0.411. The van der Waals surface area contributed by atoms with Crippen LogP contribution < -0.4 is 25.8 Å². The lowest BCUT2D eigenvalue weighted by atomic mass is 10.3. The molecule has 29 heavy (non-hydrogen) atoms. The SMILES string of the molecule is CCCCOc1ccc(Nc2ncnc(Nc3ccc(OCC)cc3)c2N)cc1. The number of aromatic nitrogens is 2. The summed E-state index contributed by atoms with van der Waals surface area (Å²) in [6.07, 6.45) is 3.62. The van der Waals surface area contributed by atoms with Crippen LogP contribution >= 0.6 is 0 Å². The van der Waals surface area contributed by atoms with E-state index in [-0.39, 0.29) is 0 Å². The zero-order valence-electron chi connectivity index (χ0n) is 16.8. The van der Waals surface area contributed by atoms with Gasteiger partial charge in [0.05, 0.1) is 13.2 Å². The van der Waals surface area contributed by atoms with Crippen molar-refractivity contribution < 1.29 is 9.47 Å². The Bertz CT molecular complexity index is 898. The molecule has 1 heterocycles. The van der Waals surface area contributed by atoms with Crippen LogP contribution in [-0.4, -0.2) is 23.2 Å². The van der Waals surface area contributed by atoms with Gasteiger partial charge in [0, 0.05) is 11.4 Å². The number of benzene rings is 2. The number of ether oxygens (including phenoxy) is 2. The summed E-state index contributed by atoms with van der Waals surface area (Å²) in [6, 6.07) is 15.3. The van der Waals surface area contributed by atoms with Crippen LogP contribution in [0.2, 0.25) is 0 Å². The molecule has 0 saturated heterocycles. The number of nitrogen functional groups attached to an aromatic ring is 1. The highest BCUT2D eigenvalue weighted by Gasteiger charge is 2.09. The van der Waals surface area contributed by atoms with Gasteiger partial charge < -0.3 is 25.8 Å². The Balaban J connectivity index is 1.66. The monoisotopic (exact) mass is 393 g/mol. The molecule has 1 aromatic heterocycles. The fraction of sp³-hybridized carbons (Fsp3) is 0.273. The van der Waals surface area contributed by atoms with Gasteiger partial charge >= 0.3 is 0 Å². The van der Waals surface area contributed by atoms with E-state index in [4.69, 9.17) is 15.2 Å². The van der Waals surface area contributed by atoms with Gasteiger partial charge in [-0.1, -0.05) is 13.3 Å². The third-order valence-electron chi connectivity index (χ3n) is 4.20. The molecule has 0 bridgehead atoms. The average Bonchev–Trinajstić information content (AvgIpc) is 2.74. The maximum Gasteiger partial charge on any atom is 0.159 e. The molecule has 0 fully saturated rings. The van der Waals surface area contributed by atoms with E-state index in [0.29, 0.717) is 23.9 Å². The summed E-state index contributed by atoms with van der Waals surface area (Å²) in [4.78, 5) is 8.51. The molecule has 7 heteroatoms. The minimum absolute atomic E-state index is 0.435. The van der Waals surface area contributed by atoms with Gasteiger partial charge in [-0.3, -0.25) is 0 Å². The minimum Gasteiger partial charge on any atom is -0.494 e. The van der Waals surface area contributed by atoms with Gasteiger partial charge in [-0.2, -0.15) is 0 Å². The van der Waals surface area contributed by atoms with Gasteiger partial charge in [0.15, 0.2) is 11.6 Å². The number of hydrogen-bond donors (Lipinski definition) is 3. The third-order valence-corrected chi connectivity index (χ3v) is 4.20. The Labute approximate surface area is 171 Å². The molecule has 0 atom stereocenters. The molecule has 3 rings (SSSR count). The number of unbranched alkanes of at least 4 members (excludes halogenated alkanes) is 1. The first-order chi connectivity index (χ1) is 14.2. The Morgan fingerprint density at radius 1 is 0.793 bits per heavy atom. The topological polar surface area (TPSA) is 94.3 Å². The Kier molecular flexibility index (Phi) is 7.10. The van der Waals surface area contributed by atoms with E-state index in [2.05, 4.69) is 27.5 Å². The van der Waals surface area contributed by atoms with Crippen molar-refractivity contribution in [3.05, 3.63) is 54.9 Å². The maximum atomic E-state index is 6.27. The largest absolute Gasteiger partial charge is 0.494 e. The van der Waals surface area contributed by atoms with Crippen molar-refractivity contribution >= 4 is 28.7 Å². The molecule has 0 amide bonds. The van der Waals surface area contributed by atoms with E-state index in [0.717, 1.165) is 42.3 Å². The lowest BCUT2D eigenvalue weighted by Gasteiger charge is -2.13. The normalized spacial score (nSPS) is 10.4. The number of rotatable bonds is 10. The fourth-order valence-electron chi connectivity index (χ4n) is 2.64. The second-order valence-electron chi connectivity index (χ2n) is 6.42. The third kappa shape index (κ3) is 5.75. The standard InChI is InChI=1S/C22H27N5O2/c1-3-5-14-29-19-12-8-17(9-13-19)27-22-20(23)21(24-15-25-22)26-16-6-10-18(11-7-16)28-4-2/h6-13,15H,3-5,14,23H2,1-2H3,(H2,24,25,26,27). The lowest BCUT2D eigenvalue weighted by molar-refractivity contribution is 0.309. The predicted octanol–water partition coefficient (Wildman–Crippen LogP) is 5.12. The molecule has 152 valence electrons. The Hall–Kier alpha value is -3.48. The summed E-state index contributed by atoms with van der Waals surface area (Å²) < 4.78 is 11.1. The molecule has 2 aromatic carbocycles. The zero-order chi connectivity index (χ0) is 20.5. The zero-order valence-corrected chi connectivity index (χ0v) is 16.8. The van der Waals surface area contributed by atoms with Crippen molar-refractivity contribution in [1.29, 1.82) is 0 Å². The van der Waals surface area contributed by atoms with Crippen LogP contribution in [0.5, 0.6) is 11.5 Å². The van der Waals surface area contributed by atoms with E-state index < -0.39 is 0 Å². The Morgan fingerprint density at radius 2 is 1.31 bits per heavy atom. The second kappa shape index (κ2) is 10.2. The highest BCUT2D eigenvalue weighted by atomic mass is 16.5. The van der Waals surface area contributed by atoms with Crippen molar-refractivity contribution in [1.82, 2.24) is 9.97 Å². The van der Waals surface area contributed by atoms with Gasteiger partial charge in [0.25, 0.3) is 0 Å². The van der Waals surface area contributed by atoms with Gasteiger partial charge in [-0.05, 0) is 61.9 Å². The van der Waals surface area contributed by atoms with Crippen molar-refractivity contribution in [3.8, 4) is 11.5 Å². The number of nitrogens with two attached hydrogens (primary N) is 1. The number of hydrogen-bond acceptors (Lipinski definition) is 7. The summed E-state index contributed by atoms with van der Waals surface area (Å²) >= 11 is 0. The van der Waals surface area contributed by atoms with Crippen LogP contribution in [0, 0.1) is 0 Å². The molecule has 0 aliphatic rings. The van der Waals surface area contributed by atoms with Crippen LogP contribution in [0.3, 0.4) is 0 Å². The number of anilines is 5. The average molecular weight is 393 g/mol. The van der Waals surface area contributed by atoms with Gasteiger partial charge in [0.2, 0.25) is 0 Å². The summed E-state index contributed by atoms with van der Waals surface area (Å²) in [5.74, 6) is 2.73. The molecule has 4 N–H and O–H groups in total. The molecule has 0 spiro atoms. The number of nitrogens with zero attached hydrogens (tertiary/aromatic N) is 2. The van der Waals surface area contributed by atoms with Crippen LogP contribution in [0.15, 0.2) is 54.9 Å². The molecule has 0 saturated carbocycles. The van der Waals surface area contributed by atoms with E-state index >= 15 is 0 Å². The first-order valence-electron chi connectivity index (χ1n) is 9.79. The summed E-state index contributed by atoms with van der Waals surface area (Å²) in [5, 5.41) is 6.44. The second-order valence-corrected chi connectivity index (χ2v) is 6.42. The van der Waals surface area contributed by atoms with E-state index in [1.54, 1.807) is 0 Å². The Morgan fingerprint density at radius 3 is 1.79 bits per heavy atom. The first-order valence-corrected chi connectivity index (χ1v) is 9.79. The van der Waals surface area contributed by atoms with E-state index in [1.807, 2.05) is 55.5 Å². The smallest absolute Gasteiger partial charge is 0.159 e. The van der Waals surface area contributed by atoms with Crippen LogP contribution in [0.25, 0.3) is 0 Å². The number of nitrogens with one attached hydrogen (secondary N) is 2. The molecule has 0 unspecified atom stereocenters. The predicted molar refractivity (Wildman–Crippen MR) is 117 cm³/mol. The fourth-order valence-corrected chi connectivity index (χ4v) is 2.64.